The Morgan fingerprint density at radius 3 is 2.54 bits per heavy atom. The monoisotopic (exact) mass is 538 g/mol. The highest BCUT2D eigenvalue weighted by Crippen LogP contribution is 2.37. The van der Waals surface area contributed by atoms with Gasteiger partial charge in [-0.15, -0.1) is 0 Å². The lowest BCUT2D eigenvalue weighted by Crippen LogP contribution is -2.41. The fourth-order valence-corrected chi connectivity index (χ4v) is 5.70. The minimum Gasteiger partial charge on any atom is -0.497 e. The van der Waals surface area contributed by atoms with Crippen LogP contribution in [0.2, 0.25) is 0 Å². The van der Waals surface area contributed by atoms with Crippen molar-refractivity contribution in [1.82, 2.24) is 9.47 Å². The molecule has 3 heterocycles. The van der Waals surface area contributed by atoms with Gasteiger partial charge in [-0.3, -0.25) is 19.1 Å². The number of unbranched alkanes of at least 4 members (excludes halogenated alkanes) is 1. The van der Waals surface area contributed by atoms with Gasteiger partial charge in [0.05, 0.1) is 31.8 Å². The highest BCUT2D eigenvalue weighted by Gasteiger charge is 2.33. The van der Waals surface area contributed by atoms with Gasteiger partial charge in [-0.1, -0.05) is 49.5 Å². The van der Waals surface area contributed by atoms with Gasteiger partial charge in [-0.25, -0.2) is 0 Å². The number of nitriles is 1. The number of amides is 1. The van der Waals surface area contributed by atoms with Crippen molar-refractivity contribution in [3.63, 3.8) is 0 Å². The Morgan fingerprint density at radius 1 is 1.22 bits per heavy atom. The third-order valence-electron chi connectivity index (χ3n) is 6.54. The predicted molar refractivity (Wildman–Crippen MR) is 150 cm³/mol. The lowest BCUT2D eigenvalue weighted by Gasteiger charge is -2.33. The van der Waals surface area contributed by atoms with Crippen LogP contribution in [0.3, 0.4) is 0 Å². The summed E-state index contributed by atoms with van der Waals surface area (Å²) in [5, 5.41) is 9.85. The molecule has 0 aliphatic carbocycles. The predicted octanol–water partition coefficient (Wildman–Crippen LogP) is 4.08. The lowest BCUT2D eigenvalue weighted by atomic mass is 10.0. The van der Waals surface area contributed by atoms with Crippen LogP contribution in [0.1, 0.15) is 42.0 Å². The second kappa shape index (κ2) is 11.9. The van der Waals surface area contributed by atoms with Gasteiger partial charge >= 0.3 is 0 Å². The number of morpholine rings is 1. The number of ether oxygens (including phenoxy) is 2. The Morgan fingerprint density at radius 2 is 1.92 bits per heavy atom. The zero-order chi connectivity index (χ0) is 26.5. The number of aromatic nitrogens is 1. The number of hydrogen-bond acceptors (Lipinski definition) is 8. The Kier molecular flexibility index (Phi) is 8.69. The summed E-state index contributed by atoms with van der Waals surface area (Å²) >= 11 is 6.81. The van der Waals surface area contributed by atoms with Crippen LogP contribution in [-0.2, 0) is 22.6 Å². The number of thioether (sulfide) groups is 1. The first-order valence-electron chi connectivity index (χ1n) is 12.3. The molecule has 0 radical (unpaired) electrons. The van der Waals surface area contributed by atoms with E-state index in [0.717, 1.165) is 30.0 Å². The maximum absolute atomic E-state index is 13.5. The molecule has 0 bridgehead atoms. The number of thiocarbonyl (C=S) groups is 1. The number of hydrogen-bond donors (Lipinski definition) is 0. The number of carbonyl (C=O) groups excluding carboxylic acids is 1. The molecule has 0 N–H and O–H groups in total. The van der Waals surface area contributed by atoms with Crippen LogP contribution in [0.25, 0.3) is 6.08 Å². The van der Waals surface area contributed by atoms with E-state index in [1.807, 2.05) is 24.3 Å². The van der Waals surface area contributed by atoms with Crippen LogP contribution in [0.4, 0.5) is 5.82 Å². The van der Waals surface area contributed by atoms with E-state index < -0.39 is 0 Å². The Balaban J connectivity index is 1.78. The molecule has 1 aromatic carbocycles. The summed E-state index contributed by atoms with van der Waals surface area (Å²) in [6, 6.07) is 9.62. The molecule has 0 unspecified atom stereocenters. The van der Waals surface area contributed by atoms with Gasteiger partial charge in [0, 0.05) is 25.2 Å². The molecular formula is C27H30N4O4S2. The largest absolute Gasteiger partial charge is 0.497 e. The normalized spacial score (nSPS) is 17.0. The van der Waals surface area contributed by atoms with E-state index in [9.17, 15) is 14.9 Å². The summed E-state index contributed by atoms with van der Waals surface area (Å²) in [7, 11) is 1.61. The molecule has 2 fully saturated rings. The minimum atomic E-state index is -0.292. The van der Waals surface area contributed by atoms with Crippen molar-refractivity contribution in [3.8, 4) is 11.8 Å². The summed E-state index contributed by atoms with van der Waals surface area (Å²) in [6.07, 6.45) is 3.51. The SMILES string of the molecule is CCCCn1c(N2CCOCC2)c(/C=C2/SC(=S)N(Cc3ccc(OC)cc3)C2=O)c(C)c(C#N)c1=O. The van der Waals surface area contributed by atoms with Crippen LogP contribution < -0.4 is 15.2 Å². The fourth-order valence-electron chi connectivity index (χ4n) is 4.46. The van der Waals surface area contributed by atoms with Gasteiger partial charge in [-0.05, 0) is 42.7 Å². The highest BCUT2D eigenvalue weighted by atomic mass is 32.2. The van der Waals surface area contributed by atoms with Crippen LogP contribution in [-0.4, -0.2) is 53.1 Å². The first-order valence-corrected chi connectivity index (χ1v) is 13.5. The smallest absolute Gasteiger partial charge is 0.270 e. The minimum absolute atomic E-state index is 0.105. The molecule has 1 amide bonds. The van der Waals surface area contributed by atoms with Gasteiger partial charge in [0.2, 0.25) is 0 Å². The van der Waals surface area contributed by atoms with E-state index in [4.69, 9.17) is 21.7 Å². The summed E-state index contributed by atoms with van der Waals surface area (Å²) < 4.78 is 12.9. The molecular weight excluding hydrogens is 508 g/mol. The average Bonchev–Trinajstić information content (AvgIpc) is 3.18. The quantitative estimate of drug-likeness (QED) is 0.367. The second-order valence-corrected chi connectivity index (χ2v) is 10.6. The van der Waals surface area contributed by atoms with E-state index >= 15 is 0 Å². The Hall–Kier alpha value is -3.13. The molecule has 8 nitrogen and oxygen atoms in total. The molecule has 10 heteroatoms. The summed E-state index contributed by atoms with van der Waals surface area (Å²) in [5.41, 5.74) is 2.02. The number of benzene rings is 1. The van der Waals surface area contributed by atoms with Crippen LogP contribution in [0.15, 0.2) is 34.0 Å². The number of nitrogens with zero attached hydrogens (tertiary/aromatic N) is 4. The molecule has 2 aromatic rings. The second-order valence-electron chi connectivity index (χ2n) is 8.87. The summed E-state index contributed by atoms with van der Waals surface area (Å²) in [5.74, 6) is 1.29. The van der Waals surface area contributed by atoms with Crippen LogP contribution in [0, 0.1) is 18.3 Å². The van der Waals surface area contributed by atoms with Gasteiger partial charge in [-0.2, -0.15) is 5.26 Å². The molecule has 37 heavy (non-hydrogen) atoms. The van der Waals surface area contributed by atoms with Gasteiger partial charge in [0.1, 0.15) is 27.5 Å². The van der Waals surface area contributed by atoms with Crippen molar-refractivity contribution in [2.75, 3.05) is 38.3 Å². The molecule has 4 rings (SSSR count). The molecule has 0 atom stereocenters. The topological polar surface area (TPSA) is 87.8 Å². The average molecular weight is 539 g/mol. The molecule has 2 aliphatic heterocycles. The van der Waals surface area contributed by atoms with Gasteiger partial charge in [0.15, 0.2) is 0 Å². The number of carbonyl (C=O) groups is 1. The number of methoxy groups -OCH3 is 1. The number of pyridine rings is 1. The van der Waals surface area contributed by atoms with Gasteiger partial charge < -0.3 is 14.4 Å². The number of rotatable bonds is 8. The molecule has 0 spiro atoms. The first-order chi connectivity index (χ1) is 17.9. The van der Waals surface area contributed by atoms with Gasteiger partial charge in [0.25, 0.3) is 11.5 Å². The Bertz CT molecular complexity index is 1320. The van der Waals surface area contributed by atoms with Crippen molar-refractivity contribution >= 4 is 46.1 Å². The highest BCUT2D eigenvalue weighted by molar-refractivity contribution is 8.26. The number of anilines is 1. The van der Waals surface area contributed by atoms with E-state index in [2.05, 4.69) is 17.9 Å². The fraction of sp³-hybridized carbons (Fsp3) is 0.407. The van der Waals surface area contributed by atoms with Crippen molar-refractivity contribution in [3.05, 3.63) is 61.8 Å². The van der Waals surface area contributed by atoms with E-state index in [1.54, 1.807) is 29.6 Å². The molecule has 0 saturated carbocycles. The van der Waals surface area contributed by atoms with E-state index in [-0.39, 0.29) is 17.0 Å². The Labute approximate surface area is 226 Å². The third-order valence-corrected chi connectivity index (χ3v) is 7.92. The van der Waals surface area contributed by atoms with Crippen molar-refractivity contribution in [2.45, 2.75) is 39.8 Å². The third kappa shape index (κ3) is 5.59. The summed E-state index contributed by atoms with van der Waals surface area (Å²) in [4.78, 5) is 31.0. The van der Waals surface area contributed by atoms with Crippen molar-refractivity contribution in [2.24, 2.45) is 0 Å². The first kappa shape index (κ1) is 26.9. The maximum atomic E-state index is 13.5. The maximum Gasteiger partial charge on any atom is 0.270 e. The lowest BCUT2D eigenvalue weighted by molar-refractivity contribution is -0.122. The van der Waals surface area contributed by atoms with Crippen LogP contribution in [0.5, 0.6) is 5.75 Å². The van der Waals surface area contributed by atoms with E-state index in [1.165, 1.54) is 11.8 Å². The zero-order valence-electron chi connectivity index (χ0n) is 21.3. The summed E-state index contributed by atoms with van der Waals surface area (Å²) in [6.45, 7) is 7.02. The zero-order valence-corrected chi connectivity index (χ0v) is 22.9. The van der Waals surface area contributed by atoms with Crippen molar-refractivity contribution < 1.29 is 14.3 Å². The molecule has 2 saturated heterocycles. The van der Waals surface area contributed by atoms with Crippen LogP contribution >= 0.6 is 24.0 Å². The molecule has 194 valence electrons. The molecule has 2 aliphatic rings. The molecule has 1 aromatic heterocycles. The van der Waals surface area contributed by atoms with Crippen molar-refractivity contribution in [1.29, 1.82) is 5.26 Å². The van der Waals surface area contributed by atoms with E-state index in [0.29, 0.717) is 59.7 Å². The standard InChI is InChI=1S/C27H30N4O4S2/c1-4-5-10-30-24(29-11-13-35-14-12-29)21(18(2)22(16-28)25(30)32)15-23-26(33)31(27(36)37-23)17-19-6-8-20(34-3)9-7-19/h6-9,15H,4-5,10-14,17H2,1-3H3/b23-15+.